The normalized spacial score (nSPS) is 11.9. The van der Waals surface area contributed by atoms with E-state index in [1.807, 2.05) is 24.8 Å². The predicted molar refractivity (Wildman–Crippen MR) is 212 cm³/mol. The van der Waals surface area contributed by atoms with Crippen LogP contribution in [0.4, 0.5) is 0 Å². The van der Waals surface area contributed by atoms with Crippen molar-refractivity contribution in [1.29, 1.82) is 0 Å². The molecule has 0 radical (unpaired) electrons. The van der Waals surface area contributed by atoms with Gasteiger partial charge in [-0.1, -0.05) is 127 Å². The molecule has 0 N–H and O–H groups in total. The summed E-state index contributed by atoms with van der Waals surface area (Å²) >= 11 is 0. The third kappa shape index (κ3) is 4.00. The van der Waals surface area contributed by atoms with Crippen molar-refractivity contribution in [3.05, 3.63) is 176 Å². The van der Waals surface area contributed by atoms with Crippen molar-refractivity contribution in [2.24, 2.45) is 0 Å². The molecular formula is C48H29N3. The van der Waals surface area contributed by atoms with Crippen molar-refractivity contribution in [3.63, 3.8) is 0 Å². The average molecular weight is 648 g/mol. The highest BCUT2D eigenvalue weighted by Crippen LogP contribution is 2.58. The summed E-state index contributed by atoms with van der Waals surface area (Å²) in [4.78, 5) is 8.92. The SMILES string of the molecule is c1ccc(-c2c3c(c(-c4ccccc4)c4ccccc24)-c2ccc(-c4ccc(-n5c6cnccc6c6ccncc65)cc4)c4cccc-3c24)cc1. The van der Waals surface area contributed by atoms with Gasteiger partial charge in [-0.15, -0.1) is 0 Å². The predicted octanol–water partition coefficient (Wildman–Crippen LogP) is 12.5. The monoisotopic (exact) mass is 647 g/mol. The highest BCUT2D eigenvalue weighted by atomic mass is 15.0. The van der Waals surface area contributed by atoms with E-state index in [0.717, 1.165) is 16.7 Å². The molecule has 1 aliphatic carbocycles. The number of pyridine rings is 2. The zero-order chi connectivity index (χ0) is 33.5. The van der Waals surface area contributed by atoms with Crippen LogP contribution in [-0.4, -0.2) is 14.5 Å². The fraction of sp³-hybridized carbons (Fsp3) is 0. The second kappa shape index (κ2) is 10.8. The summed E-state index contributed by atoms with van der Waals surface area (Å²) < 4.78 is 2.26. The molecule has 10 aromatic rings. The van der Waals surface area contributed by atoms with Crippen molar-refractivity contribution < 1.29 is 0 Å². The molecule has 51 heavy (non-hydrogen) atoms. The van der Waals surface area contributed by atoms with Crippen LogP contribution >= 0.6 is 0 Å². The highest BCUT2D eigenvalue weighted by Gasteiger charge is 2.31. The van der Waals surface area contributed by atoms with E-state index in [2.05, 4.69) is 166 Å². The number of hydrogen-bond acceptors (Lipinski definition) is 2. The maximum absolute atomic E-state index is 4.46. The third-order valence-electron chi connectivity index (χ3n) is 10.7. The molecule has 3 nitrogen and oxygen atoms in total. The first-order valence-electron chi connectivity index (χ1n) is 17.4. The summed E-state index contributed by atoms with van der Waals surface area (Å²) in [6.07, 6.45) is 7.61. The van der Waals surface area contributed by atoms with E-state index in [1.54, 1.807) is 0 Å². The van der Waals surface area contributed by atoms with Crippen LogP contribution in [0.25, 0.3) is 105 Å². The molecule has 7 aromatic carbocycles. The van der Waals surface area contributed by atoms with E-state index in [0.29, 0.717) is 0 Å². The number of benzene rings is 7. The number of rotatable bonds is 4. The fourth-order valence-corrected chi connectivity index (χ4v) is 8.64. The quantitative estimate of drug-likeness (QED) is 0.190. The summed E-state index contributed by atoms with van der Waals surface area (Å²) in [7, 11) is 0. The summed E-state index contributed by atoms with van der Waals surface area (Å²) in [5.41, 5.74) is 16.0. The molecule has 236 valence electrons. The van der Waals surface area contributed by atoms with E-state index in [-0.39, 0.29) is 0 Å². The first-order valence-corrected chi connectivity index (χ1v) is 17.4. The molecule has 0 saturated carbocycles. The van der Waals surface area contributed by atoms with Crippen LogP contribution in [0, 0.1) is 0 Å². The van der Waals surface area contributed by atoms with E-state index in [9.17, 15) is 0 Å². The summed E-state index contributed by atoms with van der Waals surface area (Å²) in [5, 5.41) is 7.49. The molecule has 1 aliphatic rings. The van der Waals surface area contributed by atoms with Gasteiger partial charge in [-0.2, -0.15) is 0 Å². The van der Waals surface area contributed by atoms with Crippen LogP contribution < -0.4 is 0 Å². The minimum absolute atomic E-state index is 1.08. The molecule has 3 aromatic heterocycles. The van der Waals surface area contributed by atoms with Crippen molar-refractivity contribution in [2.75, 3.05) is 0 Å². The van der Waals surface area contributed by atoms with Crippen LogP contribution in [0.15, 0.2) is 176 Å². The van der Waals surface area contributed by atoms with Gasteiger partial charge in [-0.3, -0.25) is 9.97 Å². The van der Waals surface area contributed by atoms with Gasteiger partial charge in [0.15, 0.2) is 0 Å². The molecule has 0 atom stereocenters. The lowest BCUT2D eigenvalue weighted by Crippen LogP contribution is -1.94. The zero-order valence-corrected chi connectivity index (χ0v) is 27.6. The average Bonchev–Trinajstić information content (AvgIpc) is 3.72. The van der Waals surface area contributed by atoms with Crippen molar-refractivity contribution in [1.82, 2.24) is 14.5 Å². The lowest BCUT2D eigenvalue weighted by Gasteiger charge is -2.20. The lowest BCUT2D eigenvalue weighted by molar-refractivity contribution is 1.15. The minimum atomic E-state index is 1.08. The van der Waals surface area contributed by atoms with Crippen LogP contribution in [0.2, 0.25) is 0 Å². The number of aromatic nitrogens is 3. The van der Waals surface area contributed by atoms with Gasteiger partial charge < -0.3 is 4.57 Å². The van der Waals surface area contributed by atoms with Crippen LogP contribution in [0.1, 0.15) is 0 Å². The van der Waals surface area contributed by atoms with Gasteiger partial charge in [0.1, 0.15) is 0 Å². The van der Waals surface area contributed by atoms with Gasteiger partial charge in [0, 0.05) is 28.9 Å². The van der Waals surface area contributed by atoms with Crippen LogP contribution in [0.3, 0.4) is 0 Å². The maximum Gasteiger partial charge on any atom is 0.0725 e. The van der Waals surface area contributed by atoms with Gasteiger partial charge in [-0.05, 0) is 101 Å². The standard InChI is InChI=1S/C48H29N3/c1-3-10-31(11-4-1)44-38-14-7-8-15-39(38)45(32-12-5-2-6-13-32)48-41-23-22-34(37-16-9-17-40(46(37)41)47(44)48)30-18-20-33(21-19-30)51-42-28-49-26-24-35(42)36-25-27-50-29-43(36)51/h1-29H. The van der Waals surface area contributed by atoms with Gasteiger partial charge in [0.05, 0.1) is 23.4 Å². The number of nitrogens with zero attached hydrogens (tertiary/aromatic N) is 3. The molecule has 3 heterocycles. The lowest BCUT2D eigenvalue weighted by atomic mass is 9.82. The van der Waals surface area contributed by atoms with E-state index in [4.69, 9.17) is 0 Å². The van der Waals surface area contributed by atoms with Crippen molar-refractivity contribution in [2.45, 2.75) is 0 Å². The summed E-state index contributed by atoms with van der Waals surface area (Å²) in [5.74, 6) is 0. The van der Waals surface area contributed by atoms with Crippen molar-refractivity contribution >= 4 is 43.4 Å². The zero-order valence-electron chi connectivity index (χ0n) is 27.6. The minimum Gasteiger partial charge on any atom is -0.306 e. The van der Waals surface area contributed by atoms with Gasteiger partial charge in [0.2, 0.25) is 0 Å². The molecular weight excluding hydrogens is 619 g/mol. The first-order chi connectivity index (χ1) is 25.3. The Balaban J connectivity index is 1.15. The van der Waals surface area contributed by atoms with Gasteiger partial charge in [-0.25, -0.2) is 0 Å². The highest BCUT2D eigenvalue weighted by molar-refractivity contribution is 6.28. The second-order valence-corrected chi connectivity index (χ2v) is 13.3. The molecule has 0 aliphatic heterocycles. The van der Waals surface area contributed by atoms with E-state index < -0.39 is 0 Å². The Labute approximate surface area is 294 Å². The number of fused-ring (bicyclic) bond motifs is 7. The Kier molecular flexibility index (Phi) is 5.96. The Morgan fingerprint density at radius 1 is 0.333 bits per heavy atom. The maximum atomic E-state index is 4.46. The van der Waals surface area contributed by atoms with E-state index in [1.165, 1.54) is 88.0 Å². The largest absolute Gasteiger partial charge is 0.306 e. The van der Waals surface area contributed by atoms with E-state index >= 15 is 0 Å². The summed E-state index contributed by atoms with van der Waals surface area (Å²) in [6.45, 7) is 0. The Hall–Kier alpha value is -6.84. The number of hydrogen-bond donors (Lipinski definition) is 0. The van der Waals surface area contributed by atoms with Gasteiger partial charge in [0.25, 0.3) is 0 Å². The second-order valence-electron chi connectivity index (χ2n) is 13.3. The van der Waals surface area contributed by atoms with Crippen LogP contribution in [0.5, 0.6) is 0 Å². The van der Waals surface area contributed by atoms with Crippen molar-refractivity contribution in [3.8, 4) is 61.3 Å². The molecule has 0 unspecified atom stereocenters. The molecule has 0 spiro atoms. The Morgan fingerprint density at radius 3 is 1.43 bits per heavy atom. The first kappa shape index (κ1) is 28.0. The topological polar surface area (TPSA) is 30.7 Å². The van der Waals surface area contributed by atoms with Crippen LogP contribution in [-0.2, 0) is 0 Å². The molecule has 0 fully saturated rings. The molecule has 0 bridgehead atoms. The Morgan fingerprint density at radius 2 is 0.843 bits per heavy atom. The summed E-state index contributed by atoms with van der Waals surface area (Å²) in [6, 6.07) is 55.4. The molecule has 11 rings (SSSR count). The Bertz CT molecular complexity index is 2850. The molecule has 0 amide bonds. The fourth-order valence-electron chi connectivity index (χ4n) is 8.64. The third-order valence-corrected chi connectivity index (χ3v) is 10.7. The van der Waals surface area contributed by atoms with Gasteiger partial charge >= 0.3 is 0 Å². The smallest absolute Gasteiger partial charge is 0.0725 e. The molecule has 0 saturated heterocycles. The molecule has 3 heteroatoms.